The molecule has 576 valence electrons. The van der Waals surface area contributed by atoms with Crippen molar-refractivity contribution in [3.05, 3.63) is 41.5 Å². The first-order valence-electron chi connectivity index (χ1n) is 35.2. The van der Waals surface area contributed by atoms with Crippen LogP contribution < -0.4 is 9.47 Å². The highest BCUT2D eigenvalue weighted by atomic mass is 16.8. The summed E-state index contributed by atoms with van der Waals surface area (Å²) in [6.45, 7) is 9.87. The highest BCUT2D eigenvalue weighted by molar-refractivity contribution is 5.87. The van der Waals surface area contributed by atoms with E-state index in [-0.39, 0.29) is 32.1 Å². The fourth-order valence-corrected chi connectivity index (χ4v) is 19.3. The smallest absolute Gasteiger partial charge is 0.331 e. The van der Waals surface area contributed by atoms with Crippen molar-refractivity contribution in [2.24, 2.45) is 50.2 Å². The van der Waals surface area contributed by atoms with Gasteiger partial charge in [-0.25, -0.2) is 4.79 Å². The van der Waals surface area contributed by atoms with Gasteiger partial charge in [-0.15, -0.1) is 0 Å². The Morgan fingerprint density at radius 2 is 1.14 bits per heavy atom. The number of aliphatic hydroxyl groups excluding tert-OH is 15. The number of benzene rings is 1. The Balaban J connectivity index is 0.946. The number of fused-ring (bicyclic) bond motifs is 7. The van der Waals surface area contributed by atoms with Crippen LogP contribution in [0.1, 0.15) is 112 Å². The number of rotatable bonds is 19. The van der Waals surface area contributed by atoms with E-state index in [1.807, 2.05) is 13.0 Å². The molecule has 102 heavy (non-hydrogen) atoms. The molecule has 0 bridgehead atoms. The third-order valence-corrected chi connectivity index (χ3v) is 25.1. The molecule has 34 atom stereocenters. The zero-order valence-corrected chi connectivity index (χ0v) is 58.6. The monoisotopic (exact) mass is 1460 g/mol. The number of hydrogen-bond acceptors (Lipinski definition) is 31. The predicted molar refractivity (Wildman–Crippen MR) is 344 cm³/mol. The largest absolute Gasteiger partial charge is 0.493 e. The molecule has 1 aromatic carbocycles. The number of carboxylic acid groups (broad SMARTS) is 1. The number of aliphatic hydroxyl groups is 15. The maximum Gasteiger partial charge on any atom is 0.331 e. The maximum atomic E-state index is 16.3. The Labute approximate surface area is 589 Å². The average molecular weight is 1460 g/mol. The van der Waals surface area contributed by atoms with Crippen LogP contribution in [0.2, 0.25) is 0 Å². The normalized spacial score (nSPS) is 48.6. The van der Waals surface area contributed by atoms with Crippen LogP contribution in [0.4, 0.5) is 0 Å². The van der Waals surface area contributed by atoms with Crippen molar-refractivity contribution in [3.63, 3.8) is 0 Å². The highest BCUT2D eigenvalue weighted by Gasteiger charge is 2.74. The van der Waals surface area contributed by atoms with E-state index in [0.29, 0.717) is 42.7 Å². The summed E-state index contributed by atoms with van der Waals surface area (Å²) in [5.74, 6) is -4.28. The summed E-state index contributed by atoms with van der Waals surface area (Å²) >= 11 is 0. The molecule has 32 nitrogen and oxygen atoms in total. The standard InChI is InChI=1S/C70H104O32/c1-29-53(98-58-49(83)43(77)35(75)27-92-58)48(82)52(86)59(93-29)100-56-55(99-60-50(84)46(80)44(78)38(25-71)95-60)54(97-42(76)15-11-31-10-13-36(90-8)37(22-31)91-9)30(2)94-62(56)102-64(89)69-19-18-65(3,4)23-33(69)32-12-14-40-66(5)24-34(74)57(101-61-51(85)47(81)45(79)39(26-72)96-61)68(7,63(87)88)41(66)16-17-67(40,6)70(32,28-73)21-20-69/h10-13,15,22,29-30,33-35,38-41,43-62,71-75,77-86H,14,16-21,23-28H2,1-9H3,(H,87,88)/b15-11-/t29-,30+,33-,34-,35+,38+,39+,40+,41+,43-,44+,45+,46-,47-,48-,49+,50+,51+,52+,53-,54-,55-,56+,57-,58-,59-,60-,61-,62-,66+,67+,68-,69-,70-/m0/s1. The Morgan fingerprint density at radius 1 is 0.569 bits per heavy atom. The molecule has 5 heterocycles. The summed E-state index contributed by atoms with van der Waals surface area (Å²) in [6, 6.07) is 4.80. The van der Waals surface area contributed by atoms with Crippen LogP contribution in [0.5, 0.6) is 11.5 Å². The number of hydrogen-bond donors (Lipinski definition) is 16. The van der Waals surface area contributed by atoms with Crippen molar-refractivity contribution < 1.29 is 158 Å². The molecule has 0 spiro atoms. The zero-order chi connectivity index (χ0) is 74.4. The quantitative estimate of drug-likeness (QED) is 0.0302. The number of carbonyl (C=O) groups excluding carboxylic acids is 2. The number of allylic oxidation sites excluding steroid dienone is 1. The average Bonchev–Trinajstić information content (AvgIpc) is 0.669. The van der Waals surface area contributed by atoms with Crippen LogP contribution in [0.25, 0.3) is 6.08 Å². The van der Waals surface area contributed by atoms with Gasteiger partial charge in [0.2, 0.25) is 6.29 Å². The van der Waals surface area contributed by atoms with Gasteiger partial charge >= 0.3 is 17.9 Å². The van der Waals surface area contributed by atoms with Crippen LogP contribution in [0.3, 0.4) is 0 Å². The van der Waals surface area contributed by atoms with Crippen LogP contribution >= 0.6 is 0 Å². The number of carboxylic acids is 1. The van der Waals surface area contributed by atoms with Gasteiger partial charge in [-0.3, -0.25) is 9.59 Å². The molecular formula is C70H104O32. The zero-order valence-electron chi connectivity index (χ0n) is 58.6. The van der Waals surface area contributed by atoms with Crippen molar-refractivity contribution in [2.45, 2.75) is 266 Å². The van der Waals surface area contributed by atoms with Gasteiger partial charge in [-0.1, -0.05) is 45.4 Å². The summed E-state index contributed by atoms with van der Waals surface area (Å²) < 4.78 is 78.9. The fourth-order valence-electron chi connectivity index (χ4n) is 19.3. The molecule has 10 aliphatic rings. The van der Waals surface area contributed by atoms with E-state index in [1.54, 1.807) is 18.2 Å². The summed E-state index contributed by atoms with van der Waals surface area (Å²) in [6.07, 6.45) is -39.2. The minimum atomic E-state index is -2.13. The van der Waals surface area contributed by atoms with E-state index in [9.17, 15) is 91.3 Å². The van der Waals surface area contributed by atoms with Gasteiger partial charge in [0.05, 0.1) is 69.8 Å². The maximum absolute atomic E-state index is 16.3. The Bertz CT molecular complexity index is 3190. The number of ether oxygens (including phenoxy) is 13. The second-order valence-electron chi connectivity index (χ2n) is 31.3. The molecule has 0 unspecified atom stereocenters. The molecule has 5 saturated heterocycles. The van der Waals surface area contributed by atoms with E-state index in [2.05, 4.69) is 20.8 Å². The molecule has 5 aliphatic carbocycles. The van der Waals surface area contributed by atoms with Gasteiger partial charge in [0.15, 0.2) is 48.9 Å². The van der Waals surface area contributed by atoms with Crippen molar-refractivity contribution in [1.29, 1.82) is 0 Å². The fraction of sp³-hybridized carbons (Fsp3) is 0.814. The number of esters is 2. The van der Waals surface area contributed by atoms with Crippen molar-refractivity contribution in [2.75, 3.05) is 40.6 Å². The molecule has 0 radical (unpaired) electrons. The molecular weight excluding hydrogens is 1350 g/mol. The molecule has 0 aromatic heterocycles. The molecule has 9 fully saturated rings. The molecule has 0 amide bonds. The van der Waals surface area contributed by atoms with Gasteiger partial charge in [0, 0.05) is 11.5 Å². The van der Waals surface area contributed by atoms with E-state index >= 15 is 4.79 Å². The van der Waals surface area contributed by atoms with Crippen molar-refractivity contribution in [3.8, 4) is 11.5 Å². The van der Waals surface area contributed by atoms with Crippen LogP contribution in [0.15, 0.2) is 35.9 Å². The van der Waals surface area contributed by atoms with Crippen LogP contribution in [-0.2, 0) is 66.5 Å². The molecule has 11 rings (SSSR count). The van der Waals surface area contributed by atoms with Gasteiger partial charge in [0.25, 0.3) is 0 Å². The van der Waals surface area contributed by atoms with Gasteiger partial charge in [-0.2, -0.15) is 0 Å². The van der Waals surface area contributed by atoms with Gasteiger partial charge in [-0.05, 0) is 136 Å². The number of carbonyl (C=O) groups is 3. The van der Waals surface area contributed by atoms with E-state index in [0.717, 1.165) is 11.6 Å². The van der Waals surface area contributed by atoms with E-state index < -0.39 is 254 Å². The Hall–Kier alpha value is -4.25. The highest BCUT2D eigenvalue weighted by Crippen LogP contribution is 2.76. The van der Waals surface area contributed by atoms with Crippen molar-refractivity contribution >= 4 is 24.0 Å². The molecule has 16 N–H and O–H groups in total. The third-order valence-electron chi connectivity index (χ3n) is 25.1. The lowest BCUT2D eigenvalue weighted by Gasteiger charge is -2.71. The second kappa shape index (κ2) is 30.1. The number of aliphatic carboxylic acids is 1. The van der Waals surface area contributed by atoms with E-state index in [4.69, 9.17) is 61.6 Å². The van der Waals surface area contributed by atoms with Crippen molar-refractivity contribution in [1.82, 2.24) is 0 Å². The minimum absolute atomic E-state index is 0.0218. The summed E-state index contributed by atoms with van der Waals surface area (Å²) in [7, 11) is 2.87. The second-order valence-corrected chi connectivity index (χ2v) is 31.3. The van der Waals surface area contributed by atoms with E-state index in [1.165, 1.54) is 41.1 Å². The Kier molecular flexibility index (Phi) is 23.2. The lowest BCUT2D eigenvalue weighted by Crippen LogP contribution is -2.71. The lowest BCUT2D eigenvalue weighted by atomic mass is 9.33. The Morgan fingerprint density at radius 3 is 1.75 bits per heavy atom. The van der Waals surface area contributed by atoms with Gasteiger partial charge < -0.3 is 143 Å². The number of methoxy groups -OCH3 is 2. The summed E-state index contributed by atoms with van der Waals surface area (Å²) in [4.78, 5) is 44.6. The SMILES string of the molecule is COc1ccc(/C=C\C(=O)O[C@@H]2[C@H](O[C@@H]3O[C@H](CO)[C@@H](O)[C@H](O)[C@H]3O)[C@@H](O[C@@H]3O[C@@H](C)[C@H](O[C@@H]4OC[C@@H](O)[C@H](O)[C@H]4O)[C@@H](O)[C@H]3O)[C@H](OC(=O)[C@]34CCC(C)(C)C[C@H]3C3=CC[C@@H]5[C@@]6(C)C[C@H](O)[C@H](O[C@@H]7O[C@H](CO)[C@@H](O)[C@H](O)[C@H]7O)[C@@](C)(C(=O)O)[C@@H]6CC[C@@]5(C)[C@]3(CO)CC4)O[C@@H]2C)cc1OC. The summed E-state index contributed by atoms with van der Waals surface area (Å²) in [5, 5.41) is 178. The molecule has 1 aromatic rings. The topological polar surface area (TPSA) is 495 Å². The van der Waals surface area contributed by atoms with Crippen LogP contribution in [0, 0.1) is 50.2 Å². The minimum Gasteiger partial charge on any atom is -0.493 e. The third kappa shape index (κ3) is 13.6. The molecule has 5 aliphatic heterocycles. The lowest BCUT2D eigenvalue weighted by molar-refractivity contribution is -0.391. The predicted octanol–water partition coefficient (Wildman–Crippen LogP) is -2.23. The first-order chi connectivity index (χ1) is 48.0. The van der Waals surface area contributed by atoms with Gasteiger partial charge in [0.1, 0.15) is 97.7 Å². The summed E-state index contributed by atoms with van der Waals surface area (Å²) in [5.41, 5.74) is -5.43. The first-order valence-corrected chi connectivity index (χ1v) is 35.2. The molecule has 4 saturated carbocycles. The van der Waals surface area contributed by atoms with Crippen LogP contribution in [-0.4, -0.2) is 300 Å². The first kappa shape index (κ1) is 78.8. The molecule has 32 heteroatoms.